The summed E-state index contributed by atoms with van der Waals surface area (Å²) >= 11 is 1.22. The van der Waals surface area contributed by atoms with Crippen LogP contribution in [-0.4, -0.2) is 46.0 Å². The van der Waals surface area contributed by atoms with Crippen LogP contribution in [0.15, 0.2) is 132 Å². The molecule has 1 aromatic heterocycles. The zero-order valence-electron chi connectivity index (χ0n) is 29.6. The molecule has 0 aliphatic carbocycles. The van der Waals surface area contributed by atoms with E-state index in [2.05, 4.69) is 34.3 Å². The number of anilines is 2. The summed E-state index contributed by atoms with van der Waals surface area (Å²) < 4.78 is 7.24. The lowest BCUT2D eigenvalue weighted by atomic mass is 10.1. The topological polar surface area (TPSA) is 127 Å². The van der Waals surface area contributed by atoms with Crippen LogP contribution >= 0.6 is 11.8 Å². The van der Waals surface area contributed by atoms with Gasteiger partial charge in [0.25, 0.3) is 11.8 Å². The standard InChI is InChI=1S/C43H36N4O6S/c1-3-46-36-16-9-8-15-33(36)34-22-17-27(24-37(34)46)23-35(45-40(49)28-11-6-5-7-12-28)41(50)44-30-13-10-14-32(25-30)54-38-26-39(48)47(42(38)51)31-20-18-29(19-21-31)43(52)53-4-2/h5-25,38H,3-4,26H2,1-2H3,(H,44,50)(H,45,49)/b35-23+/t38-/m1/s1. The van der Waals surface area contributed by atoms with E-state index in [1.165, 1.54) is 23.9 Å². The van der Waals surface area contributed by atoms with Crippen molar-refractivity contribution < 1.29 is 28.7 Å². The highest BCUT2D eigenvalue weighted by molar-refractivity contribution is 8.00. The Kier molecular flexibility index (Phi) is 10.4. The van der Waals surface area contributed by atoms with Crippen LogP contribution in [0, 0.1) is 0 Å². The number of carbonyl (C=O) groups excluding carboxylic acids is 5. The minimum atomic E-state index is -0.692. The van der Waals surface area contributed by atoms with E-state index in [0.29, 0.717) is 27.4 Å². The number of fused-ring (bicyclic) bond motifs is 3. The van der Waals surface area contributed by atoms with E-state index in [9.17, 15) is 24.0 Å². The van der Waals surface area contributed by atoms with Crippen molar-refractivity contribution in [1.82, 2.24) is 9.88 Å². The Balaban J connectivity index is 1.12. The van der Waals surface area contributed by atoms with Gasteiger partial charge in [-0.05, 0) is 92.2 Å². The van der Waals surface area contributed by atoms with E-state index >= 15 is 0 Å². The number of aromatic nitrogens is 1. The maximum atomic E-state index is 13.9. The number of ether oxygens (including phenoxy) is 1. The van der Waals surface area contributed by atoms with Crippen molar-refractivity contribution in [2.75, 3.05) is 16.8 Å². The molecule has 270 valence electrons. The van der Waals surface area contributed by atoms with Crippen LogP contribution < -0.4 is 15.5 Å². The predicted molar refractivity (Wildman–Crippen MR) is 211 cm³/mol. The summed E-state index contributed by atoms with van der Waals surface area (Å²) in [6, 6.07) is 35.9. The Labute approximate surface area is 315 Å². The van der Waals surface area contributed by atoms with Gasteiger partial charge in [0.2, 0.25) is 11.8 Å². The minimum Gasteiger partial charge on any atom is -0.462 e. The highest BCUT2D eigenvalue weighted by atomic mass is 32.2. The van der Waals surface area contributed by atoms with Crippen LogP contribution in [0.2, 0.25) is 0 Å². The zero-order valence-corrected chi connectivity index (χ0v) is 30.4. The average molecular weight is 737 g/mol. The lowest BCUT2D eigenvalue weighted by molar-refractivity contribution is -0.121. The molecule has 0 saturated carbocycles. The van der Waals surface area contributed by atoms with Crippen molar-refractivity contribution in [3.63, 3.8) is 0 Å². The number of imide groups is 1. The molecule has 0 unspecified atom stereocenters. The van der Waals surface area contributed by atoms with E-state index in [-0.39, 0.29) is 30.5 Å². The van der Waals surface area contributed by atoms with Gasteiger partial charge in [-0.2, -0.15) is 0 Å². The summed E-state index contributed by atoms with van der Waals surface area (Å²) in [6.07, 6.45) is 1.64. The van der Waals surface area contributed by atoms with Gasteiger partial charge >= 0.3 is 5.97 Å². The molecule has 1 aliphatic heterocycles. The first-order valence-electron chi connectivity index (χ1n) is 17.5. The number of amides is 4. The molecule has 1 saturated heterocycles. The summed E-state index contributed by atoms with van der Waals surface area (Å²) in [5.41, 5.74) is 4.43. The first-order chi connectivity index (χ1) is 26.2. The average Bonchev–Trinajstić information content (AvgIpc) is 3.66. The molecule has 4 amide bonds. The van der Waals surface area contributed by atoms with E-state index < -0.39 is 23.0 Å². The Morgan fingerprint density at radius 1 is 0.796 bits per heavy atom. The van der Waals surface area contributed by atoms with Crippen molar-refractivity contribution in [2.45, 2.75) is 37.0 Å². The van der Waals surface area contributed by atoms with Gasteiger partial charge in [0.15, 0.2) is 0 Å². The van der Waals surface area contributed by atoms with Crippen LogP contribution in [0.4, 0.5) is 11.4 Å². The molecular formula is C43H36N4O6S. The second-order valence-electron chi connectivity index (χ2n) is 12.5. The van der Waals surface area contributed by atoms with Gasteiger partial charge in [-0.15, -0.1) is 11.8 Å². The summed E-state index contributed by atoms with van der Waals surface area (Å²) in [5, 5.41) is 7.25. The maximum absolute atomic E-state index is 13.9. The second-order valence-corrected chi connectivity index (χ2v) is 13.8. The van der Waals surface area contributed by atoms with Crippen LogP contribution in [0.1, 0.15) is 46.5 Å². The third-order valence-electron chi connectivity index (χ3n) is 9.07. The molecule has 7 rings (SSSR count). The number of rotatable bonds is 11. The molecule has 2 heterocycles. The predicted octanol–water partition coefficient (Wildman–Crippen LogP) is 7.82. The molecule has 1 atom stereocenters. The molecule has 5 aromatic carbocycles. The Morgan fingerprint density at radius 2 is 1.54 bits per heavy atom. The quantitative estimate of drug-likeness (QED) is 0.0789. The Morgan fingerprint density at radius 3 is 2.30 bits per heavy atom. The van der Waals surface area contributed by atoms with Gasteiger partial charge in [-0.1, -0.05) is 54.6 Å². The summed E-state index contributed by atoms with van der Waals surface area (Å²) in [5.74, 6) is -2.19. The molecule has 1 aliphatic rings. The summed E-state index contributed by atoms with van der Waals surface area (Å²) in [7, 11) is 0. The van der Waals surface area contributed by atoms with Crippen molar-refractivity contribution in [1.29, 1.82) is 0 Å². The van der Waals surface area contributed by atoms with Crippen molar-refractivity contribution in [3.05, 3.63) is 144 Å². The molecule has 11 heteroatoms. The molecule has 6 aromatic rings. The highest BCUT2D eigenvalue weighted by Gasteiger charge is 2.40. The number of thioether (sulfide) groups is 1. The number of nitrogens with zero attached hydrogens (tertiary/aromatic N) is 2. The van der Waals surface area contributed by atoms with Crippen LogP contribution in [-0.2, 0) is 25.7 Å². The van der Waals surface area contributed by atoms with E-state index in [0.717, 1.165) is 38.8 Å². The highest BCUT2D eigenvalue weighted by Crippen LogP contribution is 2.35. The SMILES string of the molecule is CCOC(=O)c1ccc(N2C(=O)C[C@@H](Sc3cccc(NC(=O)/C(=C\c4ccc5c6ccccc6n(CC)c5c4)NC(=O)c4ccccc4)c3)C2=O)cc1. The Bertz CT molecular complexity index is 2460. The monoisotopic (exact) mass is 736 g/mol. The molecule has 0 bridgehead atoms. The molecule has 54 heavy (non-hydrogen) atoms. The number of nitrogens with one attached hydrogen (secondary N) is 2. The number of hydrogen-bond donors (Lipinski definition) is 2. The second kappa shape index (κ2) is 15.6. The molecule has 0 radical (unpaired) electrons. The third-order valence-corrected chi connectivity index (χ3v) is 10.2. The van der Waals surface area contributed by atoms with Gasteiger partial charge in [-0.3, -0.25) is 19.2 Å². The lowest BCUT2D eigenvalue weighted by Gasteiger charge is -2.16. The van der Waals surface area contributed by atoms with Crippen LogP contribution in [0.3, 0.4) is 0 Å². The number of para-hydroxylation sites is 1. The number of aryl methyl sites for hydroxylation is 1. The summed E-state index contributed by atoms with van der Waals surface area (Å²) in [4.78, 5) is 67.5. The minimum absolute atomic E-state index is 0.0144. The van der Waals surface area contributed by atoms with E-state index in [1.807, 2.05) is 36.4 Å². The summed E-state index contributed by atoms with van der Waals surface area (Å²) in [6.45, 7) is 4.79. The van der Waals surface area contributed by atoms with Gasteiger partial charge in [0.05, 0.1) is 23.1 Å². The van der Waals surface area contributed by atoms with Gasteiger partial charge in [-0.25, -0.2) is 9.69 Å². The zero-order chi connectivity index (χ0) is 37.8. The van der Waals surface area contributed by atoms with Gasteiger partial charge < -0.3 is 19.9 Å². The normalized spacial score (nSPS) is 14.4. The number of carbonyl (C=O) groups is 5. The maximum Gasteiger partial charge on any atom is 0.338 e. The van der Waals surface area contributed by atoms with Gasteiger partial charge in [0.1, 0.15) is 5.70 Å². The van der Waals surface area contributed by atoms with E-state index in [4.69, 9.17) is 4.74 Å². The fourth-order valence-electron chi connectivity index (χ4n) is 6.54. The fraction of sp³-hybridized carbons (Fsp3) is 0.140. The smallest absolute Gasteiger partial charge is 0.338 e. The molecule has 1 fully saturated rings. The number of esters is 1. The molecule has 10 nitrogen and oxygen atoms in total. The molecule has 2 N–H and O–H groups in total. The van der Waals surface area contributed by atoms with Crippen molar-refractivity contribution >= 4 is 80.6 Å². The first kappa shape index (κ1) is 35.9. The van der Waals surface area contributed by atoms with Crippen LogP contribution in [0.5, 0.6) is 0 Å². The number of benzene rings is 5. The van der Waals surface area contributed by atoms with Crippen molar-refractivity contribution in [3.8, 4) is 0 Å². The molecule has 0 spiro atoms. The molecular weight excluding hydrogens is 701 g/mol. The first-order valence-corrected chi connectivity index (χ1v) is 18.4. The van der Waals surface area contributed by atoms with Gasteiger partial charge in [0, 0.05) is 50.9 Å². The lowest BCUT2D eigenvalue weighted by Crippen LogP contribution is -2.31. The third kappa shape index (κ3) is 7.39. The van der Waals surface area contributed by atoms with Crippen LogP contribution in [0.25, 0.3) is 27.9 Å². The number of hydrogen-bond acceptors (Lipinski definition) is 7. The largest absolute Gasteiger partial charge is 0.462 e. The Hall–Kier alpha value is -6.46. The van der Waals surface area contributed by atoms with Crippen molar-refractivity contribution in [2.24, 2.45) is 0 Å². The fourth-order valence-corrected chi connectivity index (χ4v) is 7.66. The van der Waals surface area contributed by atoms with E-state index in [1.54, 1.807) is 73.7 Å².